The molecule has 50 valence electrons. The second kappa shape index (κ2) is 2.31. The van der Waals surface area contributed by atoms with Crippen LogP contribution in [-0.2, 0) is 4.79 Å². The van der Waals surface area contributed by atoms with E-state index < -0.39 is 0 Å². The van der Waals surface area contributed by atoms with Gasteiger partial charge in [-0.1, -0.05) is 0 Å². The van der Waals surface area contributed by atoms with E-state index in [2.05, 4.69) is 0 Å². The number of aliphatic hydroxyl groups excluding tert-OH is 1. The number of hydrogen-bond donors (Lipinski definition) is 1. The van der Waals surface area contributed by atoms with Gasteiger partial charge in [-0.25, -0.2) is 0 Å². The number of carbonyl (C=O) groups is 1. The monoisotopic (exact) mass is 126 g/mol. The van der Waals surface area contributed by atoms with Crippen LogP contribution in [0.4, 0.5) is 0 Å². The van der Waals surface area contributed by atoms with Crippen LogP contribution >= 0.6 is 0 Å². The van der Waals surface area contributed by atoms with Gasteiger partial charge in [0.25, 0.3) is 0 Å². The van der Waals surface area contributed by atoms with E-state index in [4.69, 9.17) is 5.11 Å². The molecule has 0 heterocycles. The summed E-state index contributed by atoms with van der Waals surface area (Å²) in [6, 6.07) is 0. The quantitative estimate of drug-likeness (QED) is 0.517. The Morgan fingerprint density at radius 2 is 2.44 bits per heavy atom. The molecule has 0 aromatic rings. The SMILES string of the molecule is CC1=CC(O)CCC1=O. The topological polar surface area (TPSA) is 37.3 Å². The van der Waals surface area contributed by atoms with Crippen LogP contribution in [0.1, 0.15) is 19.8 Å². The van der Waals surface area contributed by atoms with E-state index in [1.54, 1.807) is 13.0 Å². The Balaban J connectivity index is 2.72. The first-order chi connectivity index (χ1) is 4.20. The lowest BCUT2D eigenvalue weighted by Crippen LogP contribution is -2.15. The van der Waals surface area contributed by atoms with Gasteiger partial charge in [0, 0.05) is 6.42 Å². The van der Waals surface area contributed by atoms with Gasteiger partial charge in [0.1, 0.15) is 0 Å². The minimum atomic E-state index is -0.386. The Bertz CT molecular complexity index is 158. The van der Waals surface area contributed by atoms with E-state index in [1.807, 2.05) is 0 Å². The summed E-state index contributed by atoms with van der Waals surface area (Å²) in [6.45, 7) is 1.74. The lowest BCUT2D eigenvalue weighted by molar-refractivity contribution is -0.116. The Morgan fingerprint density at radius 3 is 2.89 bits per heavy atom. The third-order valence-corrected chi connectivity index (χ3v) is 1.55. The van der Waals surface area contributed by atoms with E-state index in [-0.39, 0.29) is 11.9 Å². The zero-order chi connectivity index (χ0) is 6.85. The predicted octanol–water partition coefficient (Wildman–Crippen LogP) is 0.657. The van der Waals surface area contributed by atoms with Gasteiger partial charge >= 0.3 is 0 Å². The molecule has 9 heavy (non-hydrogen) atoms. The van der Waals surface area contributed by atoms with Crippen LogP contribution in [0.5, 0.6) is 0 Å². The summed E-state index contributed by atoms with van der Waals surface area (Å²) in [5.74, 6) is 0.167. The fourth-order valence-corrected chi connectivity index (χ4v) is 0.941. The van der Waals surface area contributed by atoms with Crippen molar-refractivity contribution in [2.45, 2.75) is 25.9 Å². The molecule has 0 fully saturated rings. The molecule has 1 rings (SSSR count). The highest BCUT2D eigenvalue weighted by molar-refractivity contribution is 5.95. The molecule has 0 aliphatic heterocycles. The Morgan fingerprint density at radius 1 is 1.78 bits per heavy atom. The van der Waals surface area contributed by atoms with Crippen molar-refractivity contribution >= 4 is 5.78 Å². The molecule has 2 nitrogen and oxygen atoms in total. The molecule has 0 amide bonds. The molecule has 0 saturated heterocycles. The first-order valence-corrected chi connectivity index (χ1v) is 3.10. The van der Waals surface area contributed by atoms with Crippen LogP contribution in [0.2, 0.25) is 0 Å². The summed E-state index contributed by atoms with van der Waals surface area (Å²) < 4.78 is 0. The number of Topliss-reactive ketones (excluding diaryl/α,β-unsaturated/α-hetero) is 1. The van der Waals surface area contributed by atoms with E-state index in [0.29, 0.717) is 18.4 Å². The Kier molecular flexibility index (Phi) is 1.67. The Labute approximate surface area is 54.2 Å². The number of rotatable bonds is 0. The minimum Gasteiger partial charge on any atom is -0.389 e. The molecule has 0 radical (unpaired) electrons. The van der Waals surface area contributed by atoms with E-state index in [1.165, 1.54) is 0 Å². The smallest absolute Gasteiger partial charge is 0.158 e. The maximum absolute atomic E-state index is 10.8. The Hall–Kier alpha value is -0.630. The van der Waals surface area contributed by atoms with E-state index >= 15 is 0 Å². The van der Waals surface area contributed by atoms with E-state index in [0.717, 1.165) is 0 Å². The van der Waals surface area contributed by atoms with Gasteiger partial charge in [0.05, 0.1) is 6.10 Å². The van der Waals surface area contributed by atoms with Gasteiger partial charge in [0.15, 0.2) is 5.78 Å². The van der Waals surface area contributed by atoms with Gasteiger partial charge in [-0.2, -0.15) is 0 Å². The molecule has 0 saturated carbocycles. The second-order valence-corrected chi connectivity index (χ2v) is 2.38. The largest absolute Gasteiger partial charge is 0.389 e. The van der Waals surface area contributed by atoms with Gasteiger partial charge in [0.2, 0.25) is 0 Å². The molecule has 0 aromatic heterocycles. The molecule has 2 heteroatoms. The van der Waals surface area contributed by atoms with Gasteiger partial charge in [-0.15, -0.1) is 0 Å². The lowest BCUT2D eigenvalue weighted by Gasteiger charge is -2.11. The van der Waals surface area contributed by atoms with Crippen molar-refractivity contribution in [3.8, 4) is 0 Å². The van der Waals surface area contributed by atoms with Gasteiger partial charge < -0.3 is 5.11 Å². The summed E-state index contributed by atoms with van der Waals surface area (Å²) >= 11 is 0. The van der Waals surface area contributed by atoms with Gasteiger partial charge in [-0.05, 0) is 25.0 Å². The highest BCUT2D eigenvalue weighted by Gasteiger charge is 2.14. The fraction of sp³-hybridized carbons (Fsp3) is 0.571. The summed E-state index contributed by atoms with van der Waals surface area (Å²) in [5, 5.41) is 8.97. The first kappa shape index (κ1) is 6.49. The minimum absolute atomic E-state index is 0.167. The van der Waals surface area contributed by atoms with Crippen LogP contribution in [0.15, 0.2) is 11.6 Å². The summed E-state index contributed by atoms with van der Waals surface area (Å²) in [7, 11) is 0. The molecular weight excluding hydrogens is 116 g/mol. The number of hydrogen-bond acceptors (Lipinski definition) is 2. The number of aliphatic hydroxyl groups is 1. The highest BCUT2D eigenvalue weighted by Crippen LogP contribution is 2.13. The van der Waals surface area contributed by atoms with Crippen LogP contribution in [0, 0.1) is 0 Å². The zero-order valence-electron chi connectivity index (χ0n) is 5.42. The van der Waals surface area contributed by atoms with Crippen molar-refractivity contribution in [1.29, 1.82) is 0 Å². The third-order valence-electron chi connectivity index (χ3n) is 1.55. The fourth-order valence-electron chi connectivity index (χ4n) is 0.941. The van der Waals surface area contributed by atoms with Crippen LogP contribution in [0.25, 0.3) is 0 Å². The lowest BCUT2D eigenvalue weighted by atomic mass is 9.98. The van der Waals surface area contributed by atoms with Crippen molar-refractivity contribution in [3.05, 3.63) is 11.6 Å². The average molecular weight is 126 g/mol. The molecule has 1 atom stereocenters. The van der Waals surface area contributed by atoms with Crippen molar-refractivity contribution in [3.63, 3.8) is 0 Å². The molecule has 0 bridgehead atoms. The average Bonchev–Trinajstić information content (AvgIpc) is 1.80. The second-order valence-electron chi connectivity index (χ2n) is 2.38. The maximum atomic E-state index is 10.8. The molecular formula is C7H10O2. The van der Waals surface area contributed by atoms with Crippen LogP contribution < -0.4 is 0 Å². The summed E-state index contributed by atoms with van der Waals surface area (Å²) in [6.07, 6.45) is 2.33. The molecule has 1 aliphatic carbocycles. The first-order valence-electron chi connectivity index (χ1n) is 3.10. The van der Waals surface area contributed by atoms with Crippen LogP contribution in [0.3, 0.4) is 0 Å². The molecule has 1 N–H and O–H groups in total. The molecule has 0 spiro atoms. The number of ketones is 1. The van der Waals surface area contributed by atoms with Gasteiger partial charge in [-0.3, -0.25) is 4.79 Å². The standard InChI is InChI=1S/C7H10O2/c1-5-4-6(8)2-3-7(5)9/h4,6,8H,2-3H2,1H3. The number of allylic oxidation sites excluding steroid dienone is 1. The highest BCUT2D eigenvalue weighted by atomic mass is 16.3. The zero-order valence-corrected chi connectivity index (χ0v) is 5.42. The molecule has 1 aliphatic rings. The summed E-state index contributed by atoms with van der Waals surface area (Å²) in [5.41, 5.74) is 0.703. The van der Waals surface area contributed by atoms with E-state index in [9.17, 15) is 4.79 Å². The normalized spacial score (nSPS) is 28.0. The van der Waals surface area contributed by atoms with Crippen molar-refractivity contribution in [1.82, 2.24) is 0 Å². The summed E-state index contributed by atoms with van der Waals surface area (Å²) in [4.78, 5) is 10.8. The molecule has 0 aromatic carbocycles. The maximum Gasteiger partial charge on any atom is 0.158 e. The van der Waals surface area contributed by atoms with Crippen LogP contribution in [-0.4, -0.2) is 17.0 Å². The molecule has 1 unspecified atom stereocenters. The van der Waals surface area contributed by atoms with Crippen molar-refractivity contribution < 1.29 is 9.90 Å². The number of carbonyl (C=O) groups excluding carboxylic acids is 1. The van der Waals surface area contributed by atoms with Crippen molar-refractivity contribution in [2.75, 3.05) is 0 Å². The predicted molar refractivity (Wildman–Crippen MR) is 34.0 cm³/mol. The van der Waals surface area contributed by atoms with Crippen molar-refractivity contribution in [2.24, 2.45) is 0 Å². The third kappa shape index (κ3) is 1.39.